The van der Waals surface area contributed by atoms with Crippen LogP contribution in [-0.2, 0) is 14.9 Å². The molecule has 2 N–H and O–H groups in total. The van der Waals surface area contributed by atoms with Gasteiger partial charge < -0.3 is 14.2 Å². The number of ether oxygens (including phenoxy) is 3. The highest BCUT2D eigenvalue weighted by Crippen LogP contribution is 2.39. The third-order valence-corrected chi connectivity index (χ3v) is 6.04. The monoisotopic (exact) mass is 423 g/mol. The highest BCUT2D eigenvalue weighted by atomic mass is 16.5. The maximum Gasteiger partial charge on any atom is 0.253 e. The largest absolute Gasteiger partial charge is 0.481 e. The fourth-order valence-corrected chi connectivity index (χ4v) is 4.13. The summed E-state index contributed by atoms with van der Waals surface area (Å²) in [6, 6.07) is 12.8. The molecule has 0 aliphatic carbocycles. The Balaban J connectivity index is 1.62. The lowest BCUT2D eigenvalue weighted by molar-refractivity contribution is -0.138. The van der Waals surface area contributed by atoms with Gasteiger partial charge in [-0.25, -0.2) is 10.5 Å². The third kappa shape index (κ3) is 4.04. The maximum absolute atomic E-state index is 12.7. The van der Waals surface area contributed by atoms with Gasteiger partial charge in [-0.2, -0.15) is 4.98 Å². The SMILES string of the molecule is COc1ccc2c(Oc3ccc(C(C)(C(=O)NO)C4CCOCC4)cc3)ccnc2n1. The first-order chi connectivity index (χ1) is 15.1. The van der Waals surface area contributed by atoms with E-state index in [9.17, 15) is 10.0 Å². The fraction of sp³-hybridized carbons (Fsp3) is 0.348. The van der Waals surface area contributed by atoms with Crippen LogP contribution in [0.3, 0.4) is 0 Å². The molecule has 1 unspecified atom stereocenters. The maximum atomic E-state index is 12.7. The number of amides is 1. The lowest BCUT2D eigenvalue weighted by atomic mass is 9.68. The van der Waals surface area contributed by atoms with E-state index in [0.717, 1.165) is 23.8 Å². The van der Waals surface area contributed by atoms with Crippen molar-refractivity contribution in [3.63, 3.8) is 0 Å². The number of fused-ring (bicyclic) bond motifs is 1. The van der Waals surface area contributed by atoms with E-state index in [2.05, 4.69) is 9.97 Å². The predicted molar refractivity (Wildman–Crippen MR) is 113 cm³/mol. The van der Waals surface area contributed by atoms with Gasteiger partial charge in [-0.3, -0.25) is 10.0 Å². The van der Waals surface area contributed by atoms with Gasteiger partial charge in [0.25, 0.3) is 5.91 Å². The zero-order valence-electron chi connectivity index (χ0n) is 17.5. The van der Waals surface area contributed by atoms with Gasteiger partial charge in [0.1, 0.15) is 11.5 Å². The molecule has 0 spiro atoms. The van der Waals surface area contributed by atoms with Gasteiger partial charge in [0.05, 0.1) is 17.9 Å². The molecule has 31 heavy (non-hydrogen) atoms. The summed E-state index contributed by atoms with van der Waals surface area (Å²) in [7, 11) is 1.56. The Morgan fingerprint density at radius 2 is 1.90 bits per heavy atom. The molecule has 1 saturated heterocycles. The second-order valence-electron chi connectivity index (χ2n) is 7.69. The van der Waals surface area contributed by atoms with Gasteiger partial charge in [-0.15, -0.1) is 0 Å². The molecule has 1 aliphatic heterocycles. The molecule has 0 radical (unpaired) electrons. The Bertz CT molecular complexity index is 1070. The topological polar surface area (TPSA) is 103 Å². The van der Waals surface area contributed by atoms with Crippen LogP contribution in [0.1, 0.15) is 25.3 Å². The minimum atomic E-state index is -0.874. The van der Waals surface area contributed by atoms with Gasteiger partial charge in [0.15, 0.2) is 5.65 Å². The number of hydrogen-bond acceptors (Lipinski definition) is 7. The molecule has 162 valence electrons. The fourth-order valence-electron chi connectivity index (χ4n) is 4.13. The summed E-state index contributed by atoms with van der Waals surface area (Å²) in [5.74, 6) is 1.36. The summed E-state index contributed by atoms with van der Waals surface area (Å²) in [4.78, 5) is 21.3. The van der Waals surface area contributed by atoms with Crippen LogP contribution >= 0.6 is 0 Å². The zero-order chi connectivity index (χ0) is 21.8. The van der Waals surface area contributed by atoms with Crippen LogP contribution < -0.4 is 15.0 Å². The number of methoxy groups -OCH3 is 1. The molecular weight excluding hydrogens is 398 g/mol. The molecule has 1 fully saturated rings. The Morgan fingerprint density at radius 1 is 1.16 bits per heavy atom. The number of carbonyl (C=O) groups is 1. The minimum Gasteiger partial charge on any atom is -0.481 e. The van der Waals surface area contributed by atoms with Gasteiger partial charge in [0.2, 0.25) is 5.88 Å². The lowest BCUT2D eigenvalue weighted by Gasteiger charge is -2.38. The lowest BCUT2D eigenvalue weighted by Crippen LogP contribution is -2.48. The van der Waals surface area contributed by atoms with E-state index in [0.29, 0.717) is 36.2 Å². The molecule has 4 rings (SSSR count). The Morgan fingerprint density at radius 3 is 2.58 bits per heavy atom. The second kappa shape index (κ2) is 8.87. The number of benzene rings is 1. The Hall–Kier alpha value is -3.23. The van der Waals surface area contributed by atoms with Crippen LogP contribution in [-0.4, -0.2) is 41.4 Å². The molecule has 1 atom stereocenters. The zero-order valence-corrected chi connectivity index (χ0v) is 17.5. The Labute approximate surface area is 180 Å². The molecule has 2 aromatic heterocycles. The van der Waals surface area contributed by atoms with Crippen LogP contribution in [0.25, 0.3) is 11.0 Å². The van der Waals surface area contributed by atoms with Crippen LogP contribution in [0.15, 0.2) is 48.7 Å². The molecule has 0 saturated carbocycles. The van der Waals surface area contributed by atoms with Crippen molar-refractivity contribution in [3.8, 4) is 17.4 Å². The number of nitrogens with zero attached hydrogens (tertiary/aromatic N) is 2. The Kier molecular flexibility index (Phi) is 6.01. The molecule has 3 aromatic rings. The molecule has 8 nitrogen and oxygen atoms in total. The molecule has 1 aliphatic rings. The van der Waals surface area contributed by atoms with Crippen molar-refractivity contribution in [1.82, 2.24) is 15.4 Å². The molecule has 3 heterocycles. The standard InChI is InChI=1S/C23H25N3O5/c1-23(22(27)26-28,16-10-13-30-14-11-16)15-3-5-17(6-4-15)31-19-9-12-24-21-18(19)7-8-20(25-21)29-2/h3-9,12,16,28H,10-11,13-14H2,1-2H3,(H,26,27). The van der Waals surface area contributed by atoms with Crippen molar-refractivity contribution >= 4 is 16.9 Å². The van der Waals surface area contributed by atoms with E-state index in [1.165, 1.54) is 0 Å². The van der Waals surface area contributed by atoms with E-state index in [1.54, 1.807) is 25.4 Å². The quantitative estimate of drug-likeness (QED) is 0.461. The molecule has 8 heteroatoms. The number of rotatable bonds is 6. The van der Waals surface area contributed by atoms with Crippen LogP contribution in [0.4, 0.5) is 0 Å². The summed E-state index contributed by atoms with van der Waals surface area (Å²) in [6.45, 7) is 3.07. The van der Waals surface area contributed by atoms with E-state index >= 15 is 0 Å². The van der Waals surface area contributed by atoms with Crippen molar-refractivity contribution < 1.29 is 24.2 Å². The molecule has 1 amide bonds. The number of carbonyl (C=O) groups excluding carboxylic acids is 1. The number of aromatic nitrogens is 2. The molecule has 1 aromatic carbocycles. The van der Waals surface area contributed by atoms with E-state index < -0.39 is 11.3 Å². The van der Waals surface area contributed by atoms with Gasteiger partial charge in [-0.1, -0.05) is 12.1 Å². The first kappa shape index (κ1) is 21.0. The highest BCUT2D eigenvalue weighted by molar-refractivity contribution is 5.87. The first-order valence-electron chi connectivity index (χ1n) is 10.2. The van der Waals surface area contributed by atoms with E-state index in [-0.39, 0.29) is 5.92 Å². The van der Waals surface area contributed by atoms with E-state index in [1.807, 2.05) is 42.7 Å². The van der Waals surface area contributed by atoms with Crippen LogP contribution in [0.5, 0.6) is 17.4 Å². The van der Waals surface area contributed by atoms with Crippen LogP contribution in [0.2, 0.25) is 0 Å². The van der Waals surface area contributed by atoms with Crippen molar-refractivity contribution in [1.29, 1.82) is 0 Å². The summed E-state index contributed by atoms with van der Waals surface area (Å²) < 4.78 is 16.7. The average molecular weight is 423 g/mol. The molecular formula is C23H25N3O5. The average Bonchev–Trinajstić information content (AvgIpc) is 2.83. The van der Waals surface area contributed by atoms with Crippen molar-refractivity contribution in [2.75, 3.05) is 20.3 Å². The first-order valence-corrected chi connectivity index (χ1v) is 10.2. The van der Waals surface area contributed by atoms with Crippen molar-refractivity contribution in [3.05, 3.63) is 54.2 Å². The summed E-state index contributed by atoms with van der Waals surface area (Å²) >= 11 is 0. The minimum absolute atomic E-state index is 0.0605. The van der Waals surface area contributed by atoms with Crippen LogP contribution in [0, 0.1) is 5.92 Å². The van der Waals surface area contributed by atoms with E-state index in [4.69, 9.17) is 14.2 Å². The van der Waals surface area contributed by atoms with Gasteiger partial charge in [0, 0.05) is 25.5 Å². The summed E-state index contributed by atoms with van der Waals surface area (Å²) in [6.07, 6.45) is 3.13. The number of nitrogens with one attached hydrogen (secondary N) is 1. The summed E-state index contributed by atoms with van der Waals surface area (Å²) in [5, 5.41) is 10.1. The van der Waals surface area contributed by atoms with Crippen molar-refractivity contribution in [2.45, 2.75) is 25.2 Å². The smallest absolute Gasteiger partial charge is 0.253 e. The van der Waals surface area contributed by atoms with Gasteiger partial charge >= 0.3 is 0 Å². The number of pyridine rings is 2. The number of hydrogen-bond donors (Lipinski definition) is 2. The third-order valence-electron chi connectivity index (χ3n) is 6.04. The number of hydroxylamine groups is 1. The normalized spacial score (nSPS) is 16.5. The molecule has 0 bridgehead atoms. The van der Waals surface area contributed by atoms with Crippen molar-refractivity contribution in [2.24, 2.45) is 5.92 Å². The predicted octanol–water partition coefficient (Wildman–Crippen LogP) is 3.62. The highest BCUT2D eigenvalue weighted by Gasteiger charge is 2.43. The summed E-state index contributed by atoms with van der Waals surface area (Å²) in [5.41, 5.74) is 2.31. The second-order valence-corrected chi connectivity index (χ2v) is 7.69. The van der Waals surface area contributed by atoms with Gasteiger partial charge in [-0.05, 0) is 55.5 Å².